The summed E-state index contributed by atoms with van der Waals surface area (Å²) in [6.45, 7) is 18.3. The lowest BCUT2D eigenvalue weighted by Gasteiger charge is -2.52. The summed E-state index contributed by atoms with van der Waals surface area (Å²) in [5, 5.41) is 10.3. The van der Waals surface area contributed by atoms with E-state index in [0.717, 1.165) is 6.42 Å². The quantitative estimate of drug-likeness (QED) is 0.605. The predicted molar refractivity (Wildman–Crippen MR) is 100 cm³/mol. The molecule has 0 heterocycles. The Morgan fingerprint density at radius 1 is 1.14 bits per heavy atom. The Bertz CT molecular complexity index is 368. The molecule has 7 heteroatoms. The number of hydrogen-bond acceptors (Lipinski definition) is 4. The predicted octanol–water partition coefficient (Wildman–Crippen LogP) is 3.37. The van der Waals surface area contributed by atoms with Crippen LogP contribution in [0.5, 0.6) is 0 Å². The Hall–Kier alpha value is 0.201. The van der Waals surface area contributed by atoms with Gasteiger partial charge in [0, 0.05) is 0 Å². The Morgan fingerprint density at radius 3 is 1.91 bits per heavy atom. The topological polar surface area (TPSA) is 55.8 Å². The first-order valence-electron chi connectivity index (χ1n) is 8.30. The van der Waals surface area contributed by atoms with Crippen molar-refractivity contribution in [2.24, 2.45) is 0 Å². The third-order valence-corrected chi connectivity index (χ3v) is 12.4. The van der Waals surface area contributed by atoms with Crippen LogP contribution in [-0.2, 0) is 13.3 Å². The van der Waals surface area contributed by atoms with Gasteiger partial charge in [0.25, 0.3) is 0 Å². The summed E-state index contributed by atoms with van der Waals surface area (Å²) < 4.78 is 12.4. The first kappa shape index (κ1) is 22.2. The van der Waals surface area contributed by atoms with Gasteiger partial charge in [-0.15, -0.1) is 0 Å². The zero-order chi connectivity index (χ0) is 17.8. The maximum atomic E-state index is 12.0. The number of rotatable bonds is 10. The van der Waals surface area contributed by atoms with Gasteiger partial charge in [-0.3, -0.25) is 4.79 Å². The Balaban J connectivity index is 5.91. The molecule has 0 aliphatic rings. The Labute approximate surface area is 140 Å². The van der Waals surface area contributed by atoms with Gasteiger partial charge in [0.1, 0.15) is 0 Å². The number of aliphatic hydroxyl groups is 1. The van der Waals surface area contributed by atoms with Gasteiger partial charge in [0.15, 0.2) is 14.6 Å². The normalized spacial score (nSPS) is 18.9. The molecule has 0 saturated heterocycles. The van der Waals surface area contributed by atoms with E-state index in [9.17, 15) is 9.90 Å². The third-order valence-electron chi connectivity index (χ3n) is 4.13. The third kappa shape index (κ3) is 4.85. The molecular formula is C15H35O4Si3. The molecule has 1 N–H and O–H groups in total. The van der Waals surface area contributed by atoms with Gasteiger partial charge in [0.05, 0.1) is 13.3 Å². The maximum absolute atomic E-state index is 12.0. The molecule has 4 nitrogen and oxygen atoms in total. The maximum Gasteiger partial charge on any atom is 0.322 e. The van der Waals surface area contributed by atoms with Gasteiger partial charge in [-0.05, 0) is 39.0 Å². The molecule has 0 aliphatic heterocycles. The minimum atomic E-state index is -2.50. The molecule has 131 valence electrons. The molecule has 0 aromatic carbocycles. The van der Waals surface area contributed by atoms with Crippen LogP contribution in [0, 0.1) is 0 Å². The first-order valence-corrected chi connectivity index (χ1v) is 17.4. The SMILES string of the molecule is CCCC([C]=O)(O[Si](C)(C)O[SiH](C)C)C(O)(CC)[Si](C)(C)C. The molecule has 0 fully saturated rings. The van der Waals surface area contributed by atoms with E-state index in [2.05, 4.69) is 39.0 Å². The average molecular weight is 364 g/mol. The van der Waals surface area contributed by atoms with Crippen LogP contribution >= 0.6 is 0 Å². The molecule has 0 rings (SSSR count). The lowest BCUT2D eigenvalue weighted by molar-refractivity contribution is -0.0663. The molecule has 0 saturated carbocycles. The van der Waals surface area contributed by atoms with Crippen molar-refractivity contribution in [2.45, 2.75) is 89.8 Å². The van der Waals surface area contributed by atoms with E-state index in [-0.39, 0.29) is 0 Å². The largest absolute Gasteiger partial charge is 0.439 e. The standard InChI is InChI=1S/C15H35O4Si3/c1-10-12-14(13-16,15(17,11-2)21(5,6)7)18-22(8,9)19-20(3)4/h17,20H,10-12H2,1-9H3. The highest BCUT2D eigenvalue weighted by Gasteiger charge is 2.59. The summed E-state index contributed by atoms with van der Waals surface area (Å²) in [5.41, 5.74) is -1.28. The van der Waals surface area contributed by atoms with E-state index >= 15 is 0 Å². The fraction of sp³-hybridized carbons (Fsp3) is 0.933. The second-order valence-electron chi connectivity index (χ2n) is 7.81. The van der Waals surface area contributed by atoms with E-state index in [0.29, 0.717) is 12.8 Å². The molecule has 0 aromatic heterocycles. The van der Waals surface area contributed by atoms with Crippen LogP contribution in [0.2, 0.25) is 45.8 Å². The van der Waals surface area contributed by atoms with E-state index < -0.39 is 36.5 Å². The molecule has 0 aromatic rings. The molecule has 2 unspecified atom stereocenters. The molecule has 2 atom stereocenters. The van der Waals surface area contributed by atoms with Crippen LogP contribution in [-0.4, -0.2) is 47.9 Å². The second-order valence-corrected chi connectivity index (χ2v) is 19.2. The minimum absolute atomic E-state index is 0.477. The zero-order valence-corrected chi connectivity index (χ0v) is 19.0. The number of carbonyl (C=O) groups excluding carboxylic acids is 1. The van der Waals surface area contributed by atoms with Crippen LogP contribution in [0.15, 0.2) is 0 Å². The summed E-state index contributed by atoms with van der Waals surface area (Å²) in [5.74, 6) is 0. The summed E-state index contributed by atoms with van der Waals surface area (Å²) in [6, 6.07) is 0. The van der Waals surface area contributed by atoms with Crippen molar-refractivity contribution in [2.75, 3.05) is 0 Å². The highest BCUT2D eigenvalue weighted by molar-refractivity contribution is 6.79. The average Bonchev–Trinajstić information content (AvgIpc) is 2.33. The van der Waals surface area contributed by atoms with Crippen LogP contribution in [0.3, 0.4) is 0 Å². The van der Waals surface area contributed by atoms with Crippen molar-refractivity contribution < 1.29 is 18.4 Å². The summed E-state index contributed by atoms with van der Waals surface area (Å²) in [7, 11) is -5.89. The fourth-order valence-electron chi connectivity index (χ4n) is 3.28. The lowest BCUT2D eigenvalue weighted by Crippen LogP contribution is -2.71. The van der Waals surface area contributed by atoms with Crippen LogP contribution in [0.1, 0.15) is 33.1 Å². The van der Waals surface area contributed by atoms with Gasteiger partial charge in [-0.2, -0.15) is 0 Å². The van der Waals surface area contributed by atoms with Gasteiger partial charge in [-0.1, -0.05) is 39.9 Å². The second kappa shape index (κ2) is 7.85. The van der Waals surface area contributed by atoms with E-state index in [1.807, 2.05) is 26.9 Å². The number of hydrogen-bond donors (Lipinski definition) is 1. The van der Waals surface area contributed by atoms with E-state index in [4.69, 9.17) is 8.54 Å². The van der Waals surface area contributed by atoms with Gasteiger partial charge in [0.2, 0.25) is 6.29 Å². The summed E-state index contributed by atoms with van der Waals surface area (Å²) in [6.07, 6.45) is 3.85. The summed E-state index contributed by atoms with van der Waals surface area (Å²) >= 11 is 0. The zero-order valence-electron chi connectivity index (χ0n) is 15.9. The smallest absolute Gasteiger partial charge is 0.322 e. The molecule has 0 spiro atoms. The lowest BCUT2D eigenvalue weighted by atomic mass is 9.90. The molecule has 1 radical (unpaired) electrons. The van der Waals surface area contributed by atoms with Crippen LogP contribution in [0.25, 0.3) is 0 Å². The van der Waals surface area contributed by atoms with Crippen molar-refractivity contribution in [1.29, 1.82) is 0 Å². The van der Waals surface area contributed by atoms with Crippen molar-refractivity contribution in [1.82, 2.24) is 0 Å². The minimum Gasteiger partial charge on any atom is -0.439 e. The van der Waals surface area contributed by atoms with Crippen molar-refractivity contribution in [3.05, 3.63) is 0 Å². The van der Waals surface area contributed by atoms with Crippen molar-refractivity contribution in [3.8, 4) is 0 Å². The van der Waals surface area contributed by atoms with E-state index in [1.165, 1.54) is 0 Å². The molecule has 0 bridgehead atoms. The van der Waals surface area contributed by atoms with Crippen molar-refractivity contribution >= 4 is 32.0 Å². The highest BCUT2D eigenvalue weighted by atomic mass is 28.4. The van der Waals surface area contributed by atoms with Gasteiger partial charge in [-0.25, -0.2) is 0 Å². The molecule has 0 aliphatic carbocycles. The monoisotopic (exact) mass is 363 g/mol. The Kier molecular flexibility index (Phi) is 7.92. The first-order chi connectivity index (χ1) is 9.81. The van der Waals surface area contributed by atoms with Crippen LogP contribution in [0.4, 0.5) is 0 Å². The molecule has 22 heavy (non-hydrogen) atoms. The van der Waals surface area contributed by atoms with Gasteiger partial charge >= 0.3 is 8.56 Å². The summed E-state index contributed by atoms with van der Waals surface area (Å²) in [4.78, 5) is 12.0. The van der Waals surface area contributed by atoms with Crippen LogP contribution < -0.4 is 0 Å². The highest BCUT2D eigenvalue weighted by Crippen LogP contribution is 2.41. The van der Waals surface area contributed by atoms with Gasteiger partial charge < -0.3 is 13.6 Å². The Morgan fingerprint density at radius 2 is 1.64 bits per heavy atom. The van der Waals surface area contributed by atoms with Crippen molar-refractivity contribution in [3.63, 3.8) is 0 Å². The molecular weight excluding hydrogens is 328 g/mol. The van der Waals surface area contributed by atoms with E-state index in [1.54, 1.807) is 0 Å². The fourth-order valence-corrected chi connectivity index (χ4v) is 11.8. The molecule has 0 amide bonds.